The van der Waals surface area contributed by atoms with Gasteiger partial charge in [-0.25, -0.2) is 9.48 Å². The Hall–Kier alpha value is -3.16. The van der Waals surface area contributed by atoms with Crippen LogP contribution < -0.4 is 5.73 Å². The topological polar surface area (TPSA) is 108 Å². The molecule has 2 heterocycles. The Kier molecular flexibility index (Phi) is 5.54. The molecule has 8 nitrogen and oxygen atoms in total. The van der Waals surface area contributed by atoms with Gasteiger partial charge in [0.1, 0.15) is 0 Å². The number of esters is 1. The van der Waals surface area contributed by atoms with Crippen LogP contribution >= 0.6 is 0 Å². The van der Waals surface area contributed by atoms with Gasteiger partial charge in [0.2, 0.25) is 5.91 Å². The Morgan fingerprint density at radius 2 is 1.96 bits per heavy atom. The quantitative estimate of drug-likeness (QED) is 0.792. The minimum atomic E-state index is -0.574. The third-order valence-corrected chi connectivity index (χ3v) is 4.68. The van der Waals surface area contributed by atoms with Crippen molar-refractivity contribution in [3.8, 4) is 5.69 Å². The Balaban J connectivity index is 1.55. The number of nitrogens with zero attached hydrogens (tertiary/aromatic N) is 3. The highest BCUT2D eigenvalue weighted by Gasteiger charge is 2.27. The first-order chi connectivity index (χ1) is 13.0. The molecule has 0 spiro atoms. The molecule has 2 N–H and O–H groups in total. The summed E-state index contributed by atoms with van der Waals surface area (Å²) in [5.41, 5.74) is 7.48. The van der Waals surface area contributed by atoms with E-state index < -0.39 is 11.9 Å². The third-order valence-electron chi connectivity index (χ3n) is 4.68. The molecular weight excluding hydrogens is 348 g/mol. The van der Waals surface area contributed by atoms with E-state index in [4.69, 9.17) is 10.5 Å². The first kappa shape index (κ1) is 18.6. The van der Waals surface area contributed by atoms with E-state index in [1.807, 2.05) is 13.0 Å². The maximum Gasteiger partial charge on any atom is 0.338 e. The molecule has 1 aromatic carbocycles. The average Bonchev–Trinajstić information content (AvgIpc) is 3.12. The highest BCUT2D eigenvalue weighted by Crippen LogP contribution is 2.16. The van der Waals surface area contributed by atoms with Crippen molar-refractivity contribution in [3.05, 3.63) is 47.8 Å². The number of aromatic nitrogens is 2. The zero-order valence-electron chi connectivity index (χ0n) is 15.1. The van der Waals surface area contributed by atoms with Crippen LogP contribution in [0.4, 0.5) is 0 Å². The second kappa shape index (κ2) is 8.03. The number of carbonyl (C=O) groups excluding carboxylic acids is 3. The van der Waals surface area contributed by atoms with E-state index in [1.54, 1.807) is 35.1 Å². The van der Waals surface area contributed by atoms with Crippen LogP contribution in [0, 0.1) is 12.8 Å². The number of primary amides is 1. The molecule has 142 valence electrons. The summed E-state index contributed by atoms with van der Waals surface area (Å²) in [5, 5.41) is 4.21. The Morgan fingerprint density at radius 1 is 1.22 bits per heavy atom. The normalized spacial score (nSPS) is 16.8. The fourth-order valence-corrected chi connectivity index (χ4v) is 3.12. The molecule has 1 aliphatic rings. The van der Waals surface area contributed by atoms with Crippen molar-refractivity contribution < 1.29 is 19.1 Å². The van der Waals surface area contributed by atoms with Crippen LogP contribution in [0.25, 0.3) is 5.69 Å². The largest absolute Gasteiger partial charge is 0.452 e. The number of ether oxygens (including phenoxy) is 1. The van der Waals surface area contributed by atoms with E-state index in [1.165, 1.54) is 4.90 Å². The number of hydrogen-bond acceptors (Lipinski definition) is 5. The predicted molar refractivity (Wildman–Crippen MR) is 97.1 cm³/mol. The fraction of sp³-hybridized carbons (Fsp3) is 0.368. The van der Waals surface area contributed by atoms with E-state index in [9.17, 15) is 14.4 Å². The lowest BCUT2D eigenvalue weighted by molar-refractivity contribution is -0.137. The zero-order chi connectivity index (χ0) is 19.4. The first-order valence-electron chi connectivity index (χ1n) is 8.81. The van der Waals surface area contributed by atoms with Gasteiger partial charge in [0.25, 0.3) is 5.91 Å². The Labute approximate surface area is 156 Å². The van der Waals surface area contributed by atoms with Crippen LogP contribution in [0.2, 0.25) is 0 Å². The molecule has 27 heavy (non-hydrogen) atoms. The van der Waals surface area contributed by atoms with Crippen LogP contribution in [0.5, 0.6) is 0 Å². The zero-order valence-corrected chi connectivity index (χ0v) is 15.1. The van der Waals surface area contributed by atoms with Gasteiger partial charge in [0.15, 0.2) is 6.61 Å². The highest BCUT2D eigenvalue weighted by atomic mass is 16.5. The molecule has 0 radical (unpaired) electrons. The molecule has 2 aromatic rings. The summed E-state index contributed by atoms with van der Waals surface area (Å²) in [5.74, 6) is -1.64. The second-order valence-corrected chi connectivity index (χ2v) is 6.59. The molecule has 0 saturated carbocycles. The number of carbonyl (C=O) groups is 3. The monoisotopic (exact) mass is 370 g/mol. The summed E-state index contributed by atoms with van der Waals surface area (Å²) in [7, 11) is 0. The number of amides is 2. The minimum Gasteiger partial charge on any atom is -0.452 e. The number of benzene rings is 1. The number of piperidine rings is 1. The molecule has 1 fully saturated rings. The molecule has 1 aliphatic heterocycles. The number of likely N-dealkylation sites (tertiary alicyclic amines) is 1. The Bertz CT molecular complexity index is 844. The second-order valence-electron chi connectivity index (χ2n) is 6.59. The summed E-state index contributed by atoms with van der Waals surface area (Å²) in [4.78, 5) is 37.2. The summed E-state index contributed by atoms with van der Waals surface area (Å²) >= 11 is 0. The van der Waals surface area contributed by atoms with Gasteiger partial charge < -0.3 is 15.4 Å². The molecular formula is C19H22N4O4. The lowest BCUT2D eigenvalue weighted by Crippen LogP contribution is -2.45. The summed E-state index contributed by atoms with van der Waals surface area (Å²) in [6.45, 7) is 2.40. The van der Waals surface area contributed by atoms with Crippen molar-refractivity contribution in [1.29, 1.82) is 0 Å². The Morgan fingerprint density at radius 3 is 2.59 bits per heavy atom. The van der Waals surface area contributed by atoms with Crippen LogP contribution in [0.15, 0.2) is 36.5 Å². The van der Waals surface area contributed by atoms with E-state index in [-0.39, 0.29) is 25.0 Å². The summed E-state index contributed by atoms with van der Waals surface area (Å²) < 4.78 is 6.88. The molecule has 1 saturated heterocycles. The van der Waals surface area contributed by atoms with Gasteiger partial charge in [-0.15, -0.1) is 0 Å². The van der Waals surface area contributed by atoms with Gasteiger partial charge >= 0.3 is 5.97 Å². The molecule has 0 bridgehead atoms. The van der Waals surface area contributed by atoms with Crippen LogP contribution in [-0.4, -0.2) is 52.2 Å². The number of nitrogens with two attached hydrogens (primary N) is 1. The molecule has 0 unspecified atom stereocenters. The molecule has 1 aromatic heterocycles. The predicted octanol–water partition coefficient (Wildman–Crippen LogP) is 1.06. The van der Waals surface area contributed by atoms with Crippen molar-refractivity contribution in [3.63, 3.8) is 0 Å². The number of rotatable bonds is 5. The van der Waals surface area contributed by atoms with Gasteiger partial charge in [-0.2, -0.15) is 5.10 Å². The van der Waals surface area contributed by atoms with Crippen LogP contribution in [0.1, 0.15) is 28.9 Å². The van der Waals surface area contributed by atoms with E-state index in [0.29, 0.717) is 24.9 Å². The molecule has 8 heteroatoms. The van der Waals surface area contributed by atoms with Crippen molar-refractivity contribution in [2.24, 2.45) is 11.7 Å². The van der Waals surface area contributed by atoms with E-state index in [0.717, 1.165) is 11.4 Å². The molecule has 0 aliphatic carbocycles. The van der Waals surface area contributed by atoms with Gasteiger partial charge in [0, 0.05) is 25.0 Å². The van der Waals surface area contributed by atoms with Gasteiger partial charge in [-0.05, 0) is 50.1 Å². The van der Waals surface area contributed by atoms with Gasteiger partial charge in [0.05, 0.1) is 17.2 Å². The number of hydrogen-bond donors (Lipinski definition) is 1. The fourth-order valence-electron chi connectivity index (χ4n) is 3.12. The van der Waals surface area contributed by atoms with E-state index >= 15 is 0 Å². The highest BCUT2D eigenvalue weighted by molar-refractivity contribution is 5.91. The SMILES string of the molecule is Cc1ccnn1-c1ccc(C(=O)OCC(=O)N2CCC[C@H](C(N)=O)C2)cc1. The smallest absolute Gasteiger partial charge is 0.338 e. The van der Waals surface area contributed by atoms with Crippen molar-refractivity contribution in [2.45, 2.75) is 19.8 Å². The molecule has 1 atom stereocenters. The third kappa shape index (κ3) is 4.33. The summed E-state index contributed by atoms with van der Waals surface area (Å²) in [6, 6.07) is 8.68. The minimum absolute atomic E-state index is 0.281. The average molecular weight is 370 g/mol. The maximum absolute atomic E-state index is 12.2. The number of aryl methyl sites for hydroxylation is 1. The van der Waals surface area contributed by atoms with Crippen molar-refractivity contribution in [1.82, 2.24) is 14.7 Å². The van der Waals surface area contributed by atoms with Gasteiger partial charge in [-0.1, -0.05) is 0 Å². The van der Waals surface area contributed by atoms with Crippen molar-refractivity contribution in [2.75, 3.05) is 19.7 Å². The summed E-state index contributed by atoms with van der Waals surface area (Å²) in [6.07, 6.45) is 3.09. The van der Waals surface area contributed by atoms with E-state index in [2.05, 4.69) is 5.10 Å². The molecule has 3 rings (SSSR count). The van der Waals surface area contributed by atoms with Crippen LogP contribution in [-0.2, 0) is 14.3 Å². The molecule has 2 amide bonds. The van der Waals surface area contributed by atoms with Crippen molar-refractivity contribution >= 4 is 17.8 Å². The van der Waals surface area contributed by atoms with Crippen LogP contribution in [0.3, 0.4) is 0 Å². The lowest BCUT2D eigenvalue weighted by atomic mass is 9.97. The standard InChI is InChI=1S/C19H22N4O4/c1-13-8-9-21-23(13)16-6-4-14(5-7-16)19(26)27-12-17(24)22-10-2-3-15(11-22)18(20)25/h4-9,15H,2-3,10-12H2,1H3,(H2,20,25)/t15-/m0/s1. The lowest BCUT2D eigenvalue weighted by Gasteiger charge is -2.31. The first-order valence-corrected chi connectivity index (χ1v) is 8.81. The maximum atomic E-state index is 12.2. The van der Waals surface area contributed by atoms with Gasteiger partial charge in [-0.3, -0.25) is 9.59 Å².